The normalized spacial score (nSPS) is 13.5. The molecule has 5 heteroatoms. The van der Waals surface area contributed by atoms with Gasteiger partial charge in [-0.25, -0.2) is 9.50 Å². The number of aromatic nitrogens is 3. The van der Waals surface area contributed by atoms with Gasteiger partial charge in [-0.3, -0.25) is 0 Å². The Hall–Kier alpha value is -1.88. The number of ether oxygens (including phenoxy) is 1. The molecule has 2 aromatic heterocycles. The molecule has 0 saturated carbocycles. The zero-order valence-electron chi connectivity index (χ0n) is 10.9. The summed E-state index contributed by atoms with van der Waals surface area (Å²) < 4.78 is 8.27. The zero-order chi connectivity index (χ0) is 13.7. The predicted octanol–water partition coefficient (Wildman–Crippen LogP) is 3.40. The van der Waals surface area contributed by atoms with Crippen LogP contribution in [0.3, 0.4) is 0 Å². The summed E-state index contributed by atoms with van der Waals surface area (Å²) in [6.07, 6.45) is 0.972. The van der Waals surface area contributed by atoms with E-state index in [0.29, 0.717) is 0 Å². The molecule has 0 spiro atoms. The van der Waals surface area contributed by atoms with Gasteiger partial charge in [-0.1, -0.05) is 0 Å². The van der Waals surface area contributed by atoms with Crippen molar-refractivity contribution in [3.05, 3.63) is 46.2 Å². The number of hydrogen-bond donors (Lipinski definition) is 0. The van der Waals surface area contributed by atoms with Gasteiger partial charge in [0.1, 0.15) is 10.4 Å². The van der Waals surface area contributed by atoms with E-state index in [4.69, 9.17) is 4.74 Å². The van der Waals surface area contributed by atoms with E-state index < -0.39 is 0 Å². The van der Waals surface area contributed by atoms with Crippen LogP contribution in [0, 0.1) is 6.92 Å². The summed E-state index contributed by atoms with van der Waals surface area (Å²) in [5, 5.41) is 4.66. The van der Waals surface area contributed by atoms with Gasteiger partial charge in [-0.15, -0.1) is 0 Å². The van der Waals surface area contributed by atoms with Crippen molar-refractivity contribution in [2.75, 3.05) is 6.61 Å². The van der Waals surface area contributed by atoms with Gasteiger partial charge in [0.25, 0.3) is 0 Å². The van der Waals surface area contributed by atoms with Gasteiger partial charge in [0.15, 0.2) is 5.65 Å². The fourth-order valence-corrected chi connectivity index (χ4v) is 2.87. The van der Waals surface area contributed by atoms with Crippen LogP contribution in [0.25, 0.3) is 16.9 Å². The molecular weight excluding hydrogens is 318 g/mol. The molecule has 0 amide bonds. The highest BCUT2D eigenvalue weighted by atomic mass is 79.9. The number of benzene rings is 1. The van der Waals surface area contributed by atoms with Crippen LogP contribution in [0.2, 0.25) is 0 Å². The first-order chi connectivity index (χ1) is 9.72. The minimum absolute atomic E-state index is 0.775. The molecule has 1 aliphatic rings. The van der Waals surface area contributed by atoms with Crippen molar-refractivity contribution in [2.24, 2.45) is 0 Å². The molecule has 0 saturated heterocycles. The summed E-state index contributed by atoms with van der Waals surface area (Å²) in [7, 11) is 0. The van der Waals surface area contributed by atoms with E-state index in [1.165, 1.54) is 5.56 Å². The molecule has 0 radical (unpaired) electrons. The number of imidazole rings is 1. The van der Waals surface area contributed by atoms with Crippen molar-refractivity contribution in [3.8, 4) is 17.0 Å². The topological polar surface area (TPSA) is 39.4 Å². The Kier molecular flexibility index (Phi) is 2.57. The molecule has 0 atom stereocenters. The molecule has 0 aliphatic carbocycles. The first-order valence-electron chi connectivity index (χ1n) is 6.50. The van der Waals surface area contributed by atoms with Gasteiger partial charge in [0.2, 0.25) is 0 Å². The van der Waals surface area contributed by atoms with E-state index in [1.807, 2.05) is 29.6 Å². The summed E-state index contributed by atoms with van der Waals surface area (Å²) in [5.74, 6) is 0.995. The summed E-state index contributed by atoms with van der Waals surface area (Å²) in [6, 6.07) is 10.2. The van der Waals surface area contributed by atoms with Crippen molar-refractivity contribution in [1.29, 1.82) is 0 Å². The molecule has 4 nitrogen and oxygen atoms in total. The van der Waals surface area contributed by atoms with Gasteiger partial charge in [-0.05, 0) is 58.7 Å². The fourth-order valence-electron chi connectivity index (χ4n) is 2.52. The lowest BCUT2D eigenvalue weighted by molar-refractivity contribution is 0.357. The van der Waals surface area contributed by atoms with E-state index in [-0.39, 0.29) is 0 Å². The summed E-state index contributed by atoms with van der Waals surface area (Å²) in [4.78, 5) is 4.44. The van der Waals surface area contributed by atoms with E-state index >= 15 is 0 Å². The molecule has 100 valence electrons. The predicted molar refractivity (Wildman–Crippen MR) is 80.1 cm³/mol. The van der Waals surface area contributed by atoms with Crippen LogP contribution in [0.5, 0.6) is 5.75 Å². The SMILES string of the molecule is Cc1nc2ccc(-c3ccc4c(c3)CCO4)nn2c1Br. The van der Waals surface area contributed by atoms with Crippen molar-refractivity contribution in [3.63, 3.8) is 0 Å². The summed E-state index contributed by atoms with van der Waals surface area (Å²) in [6.45, 7) is 2.74. The number of aryl methyl sites for hydroxylation is 1. The highest BCUT2D eigenvalue weighted by molar-refractivity contribution is 9.10. The summed E-state index contributed by atoms with van der Waals surface area (Å²) in [5.41, 5.74) is 5.09. The third-order valence-electron chi connectivity index (χ3n) is 3.57. The maximum Gasteiger partial charge on any atom is 0.155 e. The van der Waals surface area contributed by atoms with E-state index in [9.17, 15) is 0 Å². The van der Waals surface area contributed by atoms with Crippen LogP contribution in [-0.4, -0.2) is 21.2 Å². The quantitative estimate of drug-likeness (QED) is 0.686. The number of rotatable bonds is 1. The molecule has 3 heterocycles. The van der Waals surface area contributed by atoms with Crippen LogP contribution >= 0.6 is 15.9 Å². The van der Waals surface area contributed by atoms with Crippen LogP contribution in [0.15, 0.2) is 34.9 Å². The van der Waals surface area contributed by atoms with Gasteiger partial charge in [-0.2, -0.15) is 5.10 Å². The Balaban J connectivity index is 1.87. The lowest BCUT2D eigenvalue weighted by atomic mass is 10.1. The second-order valence-corrected chi connectivity index (χ2v) is 5.65. The van der Waals surface area contributed by atoms with Gasteiger partial charge >= 0.3 is 0 Å². The second kappa shape index (κ2) is 4.31. The number of hydrogen-bond acceptors (Lipinski definition) is 3. The fraction of sp³-hybridized carbons (Fsp3) is 0.200. The molecule has 0 bridgehead atoms. The molecule has 0 unspecified atom stereocenters. The monoisotopic (exact) mass is 329 g/mol. The van der Waals surface area contributed by atoms with Crippen molar-refractivity contribution in [1.82, 2.24) is 14.6 Å². The van der Waals surface area contributed by atoms with Crippen molar-refractivity contribution >= 4 is 21.6 Å². The van der Waals surface area contributed by atoms with E-state index in [0.717, 1.165) is 46.0 Å². The Labute approximate surface area is 124 Å². The van der Waals surface area contributed by atoms with Crippen LogP contribution < -0.4 is 4.74 Å². The van der Waals surface area contributed by atoms with E-state index in [1.54, 1.807) is 0 Å². The van der Waals surface area contributed by atoms with Gasteiger partial charge in [0.05, 0.1) is 18.0 Å². The Bertz CT molecular complexity index is 825. The minimum Gasteiger partial charge on any atom is -0.493 e. The number of halogens is 1. The van der Waals surface area contributed by atoms with Crippen LogP contribution in [0.1, 0.15) is 11.3 Å². The number of fused-ring (bicyclic) bond motifs is 2. The standard InChI is InChI=1S/C15H12BrN3O/c1-9-15(16)19-14(17-9)5-3-12(18-19)10-2-4-13-11(8-10)6-7-20-13/h2-5,8H,6-7H2,1H3. The summed E-state index contributed by atoms with van der Waals surface area (Å²) >= 11 is 3.53. The average molecular weight is 330 g/mol. The first kappa shape index (κ1) is 11.9. The van der Waals surface area contributed by atoms with Gasteiger partial charge in [0, 0.05) is 12.0 Å². The molecule has 3 aromatic rings. The van der Waals surface area contributed by atoms with Gasteiger partial charge < -0.3 is 4.74 Å². The highest BCUT2D eigenvalue weighted by Crippen LogP contribution is 2.30. The van der Waals surface area contributed by atoms with Crippen LogP contribution in [0.4, 0.5) is 0 Å². The molecule has 0 fully saturated rings. The lowest BCUT2D eigenvalue weighted by Gasteiger charge is -2.04. The third kappa shape index (κ3) is 1.73. The largest absolute Gasteiger partial charge is 0.493 e. The van der Waals surface area contributed by atoms with Crippen molar-refractivity contribution in [2.45, 2.75) is 13.3 Å². The smallest absolute Gasteiger partial charge is 0.155 e. The Morgan fingerprint density at radius 1 is 1.25 bits per heavy atom. The minimum atomic E-state index is 0.775. The maximum absolute atomic E-state index is 5.54. The molecule has 1 aliphatic heterocycles. The Morgan fingerprint density at radius 2 is 2.15 bits per heavy atom. The lowest BCUT2D eigenvalue weighted by Crippen LogP contribution is -1.95. The van der Waals surface area contributed by atoms with Crippen LogP contribution in [-0.2, 0) is 6.42 Å². The first-order valence-corrected chi connectivity index (χ1v) is 7.30. The number of nitrogens with zero attached hydrogens (tertiary/aromatic N) is 3. The molecular formula is C15H12BrN3O. The third-order valence-corrected chi connectivity index (χ3v) is 4.48. The molecule has 4 rings (SSSR count). The Morgan fingerprint density at radius 3 is 3.05 bits per heavy atom. The average Bonchev–Trinajstić information content (AvgIpc) is 3.03. The molecule has 0 N–H and O–H groups in total. The van der Waals surface area contributed by atoms with Crippen molar-refractivity contribution < 1.29 is 4.74 Å². The maximum atomic E-state index is 5.54. The molecule has 1 aromatic carbocycles. The molecule has 20 heavy (non-hydrogen) atoms. The highest BCUT2D eigenvalue weighted by Gasteiger charge is 2.14. The van der Waals surface area contributed by atoms with E-state index in [2.05, 4.69) is 38.1 Å². The zero-order valence-corrected chi connectivity index (χ0v) is 12.5. The second-order valence-electron chi connectivity index (χ2n) is 4.90.